The number of carbonyl (C=O) groups is 3. The molecule has 0 aliphatic rings. The molecule has 0 heterocycles. The molecule has 2 atom stereocenters. The van der Waals surface area contributed by atoms with Gasteiger partial charge < -0.3 is 15.3 Å². The van der Waals surface area contributed by atoms with E-state index in [2.05, 4.69) is 5.32 Å². The summed E-state index contributed by atoms with van der Waals surface area (Å²) in [5.74, 6) is -3.93. The third kappa shape index (κ3) is 4.41. The molecule has 7 heteroatoms. The predicted octanol–water partition coefficient (Wildman–Crippen LogP) is -1.02. The molecule has 0 aliphatic carbocycles. The molecular weight excluding hydrogens is 194 g/mol. The van der Waals surface area contributed by atoms with Crippen LogP contribution in [-0.4, -0.2) is 45.3 Å². The Morgan fingerprint density at radius 2 is 1.64 bits per heavy atom. The summed E-state index contributed by atoms with van der Waals surface area (Å²) < 4.78 is 0. The number of hydrogen-bond acceptors (Lipinski definition) is 4. The number of rotatable bonds is 6. The van der Waals surface area contributed by atoms with E-state index in [-0.39, 0.29) is 0 Å². The van der Waals surface area contributed by atoms with Crippen molar-refractivity contribution in [3.05, 3.63) is 0 Å². The zero-order chi connectivity index (χ0) is 11.3. The van der Waals surface area contributed by atoms with Gasteiger partial charge in [0.15, 0.2) is 0 Å². The third-order valence-corrected chi connectivity index (χ3v) is 1.50. The summed E-state index contributed by atoms with van der Waals surface area (Å²) in [5, 5.41) is 27.5. The standard InChI is InChI=1S/C7H11NO6/c1-3(6(11)12)8-4(7(13)14)2-5(9)10/h3-4,8H,2H2,1H3,(H,9,10)(H,11,12)(H,13,14). The SMILES string of the molecule is CC(NC(CC(=O)O)C(=O)O)C(=O)O. The molecule has 80 valence electrons. The summed E-state index contributed by atoms with van der Waals surface area (Å²) in [5.41, 5.74) is 0. The smallest absolute Gasteiger partial charge is 0.321 e. The number of carboxylic acids is 3. The van der Waals surface area contributed by atoms with Crippen molar-refractivity contribution in [2.24, 2.45) is 0 Å². The molecule has 0 saturated carbocycles. The first-order valence-corrected chi connectivity index (χ1v) is 3.78. The fourth-order valence-electron chi connectivity index (χ4n) is 0.765. The predicted molar refractivity (Wildman–Crippen MR) is 43.9 cm³/mol. The van der Waals surface area contributed by atoms with Crippen LogP contribution < -0.4 is 5.32 Å². The van der Waals surface area contributed by atoms with E-state index in [1.807, 2.05) is 0 Å². The highest BCUT2D eigenvalue weighted by atomic mass is 16.4. The monoisotopic (exact) mass is 205 g/mol. The maximum absolute atomic E-state index is 10.5. The number of carboxylic acid groups (broad SMARTS) is 3. The van der Waals surface area contributed by atoms with Crippen molar-refractivity contribution in [2.45, 2.75) is 25.4 Å². The molecule has 4 N–H and O–H groups in total. The molecule has 0 amide bonds. The summed E-state index contributed by atoms with van der Waals surface area (Å²) in [6.07, 6.45) is -0.660. The molecule has 0 spiro atoms. The number of hydrogen-bond donors (Lipinski definition) is 4. The maximum atomic E-state index is 10.5. The van der Waals surface area contributed by atoms with Crippen LogP contribution in [0.25, 0.3) is 0 Å². The molecule has 0 fully saturated rings. The minimum Gasteiger partial charge on any atom is -0.481 e. The van der Waals surface area contributed by atoms with E-state index in [1.54, 1.807) is 0 Å². The Morgan fingerprint density at radius 1 is 1.14 bits per heavy atom. The van der Waals surface area contributed by atoms with Crippen molar-refractivity contribution in [3.8, 4) is 0 Å². The summed E-state index contributed by atoms with van der Waals surface area (Å²) in [6.45, 7) is 1.24. The van der Waals surface area contributed by atoms with Gasteiger partial charge >= 0.3 is 17.9 Å². The minimum atomic E-state index is -1.39. The Bertz CT molecular complexity index is 251. The van der Waals surface area contributed by atoms with Crippen LogP contribution in [0.15, 0.2) is 0 Å². The second-order valence-corrected chi connectivity index (χ2v) is 2.72. The largest absolute Gasteiger partial charge is 0.481 e. The van der Waals surface area contributed by atoms with Crippen LogP contribution in [0, 0.1) is 0 Å². The molecule has 0 aromatic rings. The summed E-state index contributed by atoms with van der Waals surface area (Å²) in [6, 6.07) is -2.49. The van der Waals surface area contributed by atoms with Gasteiger partial charge in [0.25, 0.3) is 0 Å². The average molecular weight is 205 g/mol. The first-order valence-electron chi connectivity index (χ1n) is 3.78. The Hall–Kier alpha value is -1.63. The Kier molecular flexibility index (Phi) is 4.57. The van der Waals surface area contributed by atoms with Crippen LogP contribution in [0.3, 0.4) is 0 Å². The maximum Gasteiger partial charge on any atom is 0.321 e. The van der Waals surface area contributed by atoms with Crippen molar-refractivity contribution >= 4 is 17.9 Å². The second kappa shape index (κ2) is 5.18. The van der Waals surface area contributed by atoms with E-state index >= 15 is 0 Å². The highest BCUT2D eigenvalue weighted by molar-refractivity contribution is 5.82. The van der Waals surface area contributed by atoms with Gasteiger partial charge in [-0.2, -0.15) is 0 Å². The van der Waals surface area contributed by atoms with Crippen LogP contribution in [0.4, 0.5) is 0 Å². The summed E-state index contributed by atoms with van der Waals surface area (Å²) in [4.78, 5) is 31.0. The average Bonchev–Trinajstić information content (AvgIpc) is 2.01. The lowest BCUT2D eigenvalue weighted by Crippen LogP contribution is -2.46. The van der Waals surface area contributed by atoms with Crippen molar-refractivity contribution in [1.82, 2.24) is 5.32 Å². The van der Waals surface area contributed by atoms with Gasteiger partial charge in [-0.05, 0) is 6.92 Å². The molecule has 0 rings (SSSR count). The van der Waals surface area contributed by atoms with E-state index in [4.69, 9.17) is 15.3 Å². The quantitative estimate of drug-likeness (QED) is 0.437. The Labute approximate surface area is 79.3 Å². The minimum absolute atomic E-state index is 0.660. The number of nitrogens with one attached hydrogen (secondary N) is 1. The Balaban J connectivity index is 4.30. The van der Waals surface area contributed by atoms with E-state index in [9.17, 15) is 14.4 Å². The van der Waals surface area contributed by atoms with Crippen LogP contribution in [0.1, 0.15) is 13.3 Å². The second-order valence-electron chi connectivity index (χ2n) is 2.72. The molecule has 0 aliphatic heterocycles. The van der Waals surface area contributed by atoms with Gasteiger partial charge in [-0.25, -0.2) is 0 Å². The molecular formula is C7H11NO6. The van der Waals surface area contributed by atoms with Crippen LogP contribution in [0.5, 0.6) is 0 Å². The normalized spacial score (nSPS) is 14.4. The van der Waals surface area contributed by atoms with Crippen LogP contribution in [-0.2, 0) is 14.4 Å². The molecule has 0 bridgehead atoms. The van der Waals surface area contributed by atoms with Crippen molar-refractivity contribution in [1.29, 1.82) is 0 Å². The van der Waals surface area contributed by atoms with Gasteiger partial charge in [0, 0.05) is 0 Å². The van der Waals surface area contributed by atoms with Crippen LogP contribution >= 0.6 is 0 Å². The summed E-state index contributed by atoms with van der Waals surface area (Å²) >= 11 is 0. The fraction of sp³-hybridized carbons (Fsp3) is 0.571. The topological polar surface area (TPSA) is 124 Å². The number of aliphatic carboxylic acids is 3. The van der Waals surface area contributed by atoms with E-state index in [1.165, 1.54) is 6.92 Å². The molecule has 0 aromatic heterocycles. The zero-order valence-corrected chi connectivity index (χ0v) is 7.43. The molecule has 7 nitrogen and oxygen atoms in total. The zero-order valence-electron chi connectivity index (χ0n) is 7.43. The first kappa shape index (κ1) is 12.4. The first-order chi connectivity index (χ1) is 6.34. The summed E-state index contributed by atoms with van der Waals surface area (Å²) in [7, 11) is 0. The lowest BCUT2D eigenvalue weighted by molar-refractivity contribution is -0.147. The van der Waals surface area contributed by atoms with Crippen molar-refractivity contribution < 1.29 is 29.7 Å². The lowest BCUT2D eigenvalue weighted by Gasteiger charge is -2.15. The third-order valence-electron chi connectivity index (χ3n) is 1.50. The van der Waals surface area contributed by atoms with Gasteiger partial charge in [-0.3, -0.25) is 19.7 Å². The fourth-order valence-corrected chi connectivity index (χ4v) is 0.765. The molecule has 0 radical (unpaired) electrons. The van der Waals surface area contributed by atoms with Gasteiger partial charge in [-0.15, -0.1) is 0 Å². The van der Waals surface area contributed by atoms with Gasteiger partial charge in [0.05, 0.1) is 6.42 Å². The van der Waals surface area contributed by atoms with E-state index in [0.29, 0.717) is 0 Å². The van der Waals surface area contributed by atoms with E-state index < -0.39 is 36.4 Å². The molecule has 14 heavy (non-hydrogen) atoms. The molecule has 0 saturated heterocycles. The Morgan fingerprint density at radius 3 is 1.93 bits per heavy atom. The highest BCUT2D eigenvalue weighted by Gasteiger charge is 2.24. The molecule has 2 unspecified atom stereocenters. The van der Waals surface area contributed by atoms with Gasteiger partial charge in [0.2, 0.25) is 0 Å². The lowest BCUT2D eigenvalue weighted by atomic mass is 10.2. The highest BCUT2D eigenvalue weighted by Crippen LogP contribution is 1.95. The van der Waals surface area contributed by atoms with Gasteiger partial charge in [0.1, 0.15) is 12.1 Å². The van der Waals surface area contributed by atoms with Crippen LogP contribution in [0.2, 0.25) is 0 Å². The van der Waals surface area contributed by atoms with E-state index in [0.717, 1.165) is 0 Å². The van der Waals surface area contributed by atoms with Crippen molar-refractivity contribution in [3.63, 3.8) is 0 Å². The van der Waals surface area contributed by atoms with Gasteiger partial charge in [-0.1, -0.05) is 0 Å². The van der Waals surface area contributed by atoms with Crippen molar-refractivity contribution in [2.75, 3.05) is 0 Å². The molecule has 0 aromatic carbocycles.